The van der Waals surface area contributed by atoms with Gasteiger partial charge in [0.2, 0.25) is 0 Å². The molecule has 0 saturated heterocycles. The third-order valence-electron chi connectivity index (χ3n) is 3.24. The number of rotatable bonds is 4. The van der Waals surface area contributed by atoms with E-state index in [0.29, 0.717) is 4.47 Å². The number of benzene rings is 2. The van der Waals surface area contributed by atoms with Crippen molar-refractivity contribution in [1.82, 2.24) is 4.98 Å². The maximum Gasteiger partial charge on any atom is 0.337 e. The lowest BCUT2D eigenvalue weighted by molar-refractivity contribution is -0.293. The summed E-state index contributed by atoms with van der Waals surface area (Å²) in [4.78, 5) is 19.2. The highest BCUT2D eigenvalue weighted by Crippen LogP contribution is 2.27. The van der Waals surface area contributed by atoms with E-state index >= 15 is 0 Å². The van der Waals surface area contributed by atoms with Gasteiger partial charge in [0.05, 0.1) is 23.4 Å². The van der Waals surface area contributed by atoms with Crippen LogP contribution in [0.1, 0.15) is 16.1 Å². The lowest BCUT2D eigenvalue weighted by Gasteiger charge is -2.01. The number of nitrogens with zero attached hydrogens (tertiary/aromatic N) is 2. The zero-order chi connectivity index (χ0) is 18.0. The molecule has 0 aliphatic carbocycles. The van der Waals surface area contributed by atoms with Gasteiger partial charge in [0, 0.05) is 10.0 Å². The van der Waals surface area contributed by atoms with Gasteiger partial charge in [0.1, 0.15) is 17.4 Å². The number of carboxylic acid groups (broad SMARTS) is 1. The van der Waals surface area contributed by atoms with Gasteiger partial charge in [-0.1, -0.05) is 28.1 Å². The molecular weight excluding hydrogens is 395 g/mol. The van der Waals surface area contributed by atoms with Crippen LogP contribution in [-0.4, -0.2) is 22.3 Å². The Labute approximate surface area is 149 Å². The number of halogens is 2. The monoisotopic (exact) mass is 403 g/mol. The second kappa shape index (κ2) is 6.86. The molecule has 0 aliphatic rings. The maximum absolute atomic E-state index is 13.7. The van der Waals surface area contributed by atoms with Crippen molar-refractivity contribution < 1.29 is 23.8 Å². The Morgan fingerprint density at radius 3 is 2.80 bits per heavy atom. The van der Waals surface area contributed by atoms with Crippen molar-refractivity contribution in [2.24, 2.45) is 4.99 Å². The predicted molar refractivity (Wildman–Crippen MR) is 89.7 cm³/mol. The second-order valence-corrected chi connectivity index (χ2v) is 5.81. The van der Waals surface area contributed by atoms with Crippen LogP contribution in [0.4, 0.5) is 10.1 Å². The highest BCUT2D eigenvalue weighted by molar-refractivity contribution is 9.10. The van der Waals surface area contributed by atoms with Crippen LogP contribution in [0.25, 0.3) is 11.5 Å². The molecule has 0 saturated carbocycles. The Hall–Kier alpha value is -3.00. The Morgan fingerprint density at radius 1 is 1.32 bits per heavy atom. The van der Waals surface area contributed by atoms with Crippen molar-refractivity contribution in [2.75, 3.05) is 0 Å². The molecular formula is C17H9BrFN2O4-. The van der Waals surface area contributed by atoms with E-state index in [1.54, 1.807) is 12.1 Å². The largest absolute Gasteiger partial charge is 0.562 e. The summed E-state index contributed by atoms with van der Waals surface area (Å²) >= 11 is 3.18. The van der Waals surface area contributed by atoms with Gasteiger partial charge in [0.25, 0.3) is 0 Å². The third kappa shape index (κ3) is 3.58. The molecule has 3 aromatic rings. The fraction of sp³-hybridized carbons (Fsp3) is 0. The Kier molecular flexibility index (Phi) is 4.62. The molecule has 6 nitrogen and oxygen atoms in total. The molecule has 0 unspecified atom stereocenters. The Morgan fingerprint density at radius 2 is 2.08 bits per heavy atom. The number of aromatic carboxylic acids is 1. The topological polar surface area (TPSA) is 98.8 Å². The number of carbonyl (C=O) groups is 1. The zero-order valence-corrected chi connectivity index (χ0v) is 14.0. The number of aliphatic imine (C=N–C) groups is 1. The summed E-state index contributed by atoms with van der Waals surface area (Å²) in [6.07, 6.45) is 1.09. The average Bonchev–Trinajstić information content (AvgIpc) is 2.94. The minimum Gasteiger partial charge on any atom is -0.562 e. The first-order chi connectivity index (χ1) is 12.0. The van der Waals surface area contributed by atoms with Crippen LogP contribution >= 0.6 is 15.9 Å². The maximum atomic E-state index is 13.7. The lowest BCUT2D eigenvalue weighted by Crippen LogP contribution is -1.97. The molecule has 0 spiro atoms. The van der Waals surface area contributed by atoms with Crippen molar-refractivity contribution >= 4 is 33.8 Å². The highest BCUT2D eigenvalue weighted by Gasteiger charge is 2.11. The molecule has 8 heteroatoms. The summed E-state index contributed by atoms with van der Waals surface area (Å²) in [5.74, 6) is -2.70. The summed E-state index contributed by atoms with van der Waals surface area (Å²) in [5.41, 5.74) is -0.00642. The molecule has 0 atom stereocenters. The first-order valence-electron chi connectivity index (χ1n) is 6.95. The molecule has 0 fully saturated rings. The van der Waals surface area contributed by atoms with Gasteiger partial charge in [-0.2, -0.15) is 0 Å². The van der Waals surface area contributed by atoms with Crippen LogP contribution in [0.15, 0.2) is 56.3 Å². The average molecular weight is 404 g/mol. The van der Waals surface area contributed by atoms with Crippen molar-refractivity contribution in [2.45, 2.75) is 0 Å². The minimum atomic E-state index is -1.16. The van der Waals surface area contributed by atoms with E-state index in [0.717, 1.165) is 6.21 Å². The summed E-state index contributed by atoms with van der Waals surface area (Å²) in [6, 6.07) is 10.2. The van der Waals surface area contributed by atoms with Gasteiger partial charge < -0.3 is 14.6 Å². The van der Waals surface area contributed by atoms with Gasteiger partial charge in [-0.15, -0.1) is 0 Å². The zero-order valence-electron chi connectivity index (χ0n) is 12.4. The molecule has 0 aliphatic heterocycles. The van der Waals surface area contributed by atoms with Crippen molar-refractivity contribution in [3.63, 3.8) is 0 Å². The Balaban J connectivity index is 1.96. The van der Waals surface area contributed by atoms with E-state index in [4.69, 9.17) is 4.42 Å². The number of oxazole rings is 1. The van der Waals surface area contributed by atoms with Crippen LogP contribution < -0.4 is 5.11 Å². The van der Waals surface area contributed by atoms with Crippen LogP contribution in [-0.2, 0) is 0 Å². The van der Waals surface area contributed by atoms with Gasteiger partial charge >= 0.3 is 5.97 Å². The van der Waals surface area contributed by atoms with Gasteiger partial charge in [-0.3, -0.25) is 4.99 Å². The van der Waals surface area contributed by atoms with E-state index in [2.05, 4.69) is 25.9 Å². The molecule has 1 N–H and O–H groups in total. The van der Waals surface area contributed by atoms with E-state index in [-0.39, 0.29) is 28.4 Å². The standard InChI is InChI=1S/C17H10BrFN2O4/c18-9-5-6-13(11(7-9)16(22)23)20-8-14-17(24)25-15(21-14)10-3-1-2-4-12(10)19/h1-8,24H,(H,22,23)/p-1. The number of aromatic nitrogens is 1. The quantitative estimate of drug-likeness (QED) is 0.668. The molecule has 0 bridgehead atoms. The van der Waals surface area contributed by atoms with Gasteiger partial charge in [-0.05, 0) is 30.3 Å². The summed E-state index contributed by atoms with van der Waals surface area (Å²) < 4.78 is 19.3. The number of carboxylic acids is 1. The molecule has 25 heavy (non-hydrogen) atoms. The third-order valence-corrected chi connectivity index (χ3v) is 3.73. The first kappa shape index (κ1) is 16.8. The van der Waals surface area contributed by atoms with E-state index in [1.807, 2.05) is 0 Å². The van der Waals surface area contributed by atoms with Crippen LogP contribution in [0.5, 0.6) is 5.95 Å². The molecule has 3 rings (SSSR count). The van der Waals surface area contributed by atoms with Crippen LogP contribution in [0.3, 0.4) is 0 Å². The van der Waals surface area contributed by atoms with Crippen LogP contribution in [0, 0.1) is 5.82 Å². The van der Waals surface area contributed by atoms with Gasteiger partial charge in [-0.25, -0.2) is 14.2 Å². The fourth-order valence-corrected chi connectivity index (χ4v) is 2.43. The molecule has 1 aromatic heterocycles. The molecule has 2 aromatic carbocycles. The summed E-state index contributed by atoms with van der Waals surface area (Å²) in [7, 11) is 0. The second-order valence-electron chi connectivity index (χ2n) is 4.90. The molecule has 1 heterocycles. The molecule has 0 amide bonds. The highest BCUT2D eigenvalue weighted by atomic mass is 79.9. The van der Waals surface area contributed by atoms with Gasteiger partial charge in [0.15, 0.2) is 0 Å². The van der Waals surface area contributed by atoms with E-state index in [1.165, 1.54) is 30.3 Å². The summed E-state index contributed by atoms with van der Waals surface area (Å²) in [5, 5.41) is 21.0. The Bertz CT molecular complexity index is 985. The normalized spacial score (nSPS) is 11.1. The van der Waals surface area contributed by atoms with Crippen LogP contribution in [0.2, 0.25) is 0 Å². The predicted octanol–water partition coefficient (Wildman–Crippen LogP) is 3.77. The number of hydrogen-bond acceptors (Lipinski definition) is 5. The van der Waals surface area contributed by atoms with E-state index < -0.39 is 17.7 Å². The molecule has 126 valence electrons. The van der Waals surface area contributed by atoms with Crippen molar-refractivity contribution in [3.05, 3.63) is 64.0 Å². The lowest BCUT2D eigenvalue weighted by atomic mass is 10.2. The first-order valence-corrected chi connectivity index (χ1v) is 7.74. The smallest absolute Gasteiger partial charge is 0.337 e. The summed E-state index contributed by atoms with van der Waals surface area (Å²) in [6.45, 7) is 0. The van der Waals surface area contributed by atoms with Crippen molar-refractivity contribution in [3.8, 4) is 17.4 Å². The number of hydrogen-bond donors (Lipinski definition) is 1. The SMILES string of the molecule is O=C(O)c1cc(Br)ccc1N=Cc1nc(-c2ccccc2F)oc1[O-]. The molecule has 0 radical (unpaired) electrons. The van der Waals surface area contributed by atoms with E-state index in [9.17, 15) is 19.4 Å². The minimum absolute atomic E-state index is 0.0455. The van der Waals surface area contributed by atoms with Crippen molar-refractivity contribution in [1.29, 1.82) is 0 Å². The fourth-order valence-electron chi connectivity index (χ4n) is 2.07.